The van der Waals surface area contributed by atoms with Crippen molar-refractivity contribution in [2.45, 2.75) is 175 Å². The molecule has 2 saturated carbocycles. The van der Waals surface area contributed by atoms with E-state index in [0.717, 1.165) is 31.1 Å². The van der Waals surface area contributed by atoms with E-state index < -0.39 is 0 Å². The van der Waals surface area contributed by atoms with Crippen molar-refractivity contribution in [3.8, 4) is 0 Å². The number of rotatable bonds is 21. The first kappa shape index (κ1) is 49.8. The fraction of sp³-hybridized carbons (Fsp3) is 0.492. The van der Waals surface area contributed by atoms with Crippen LogP contribution in [-0.4, -0.2) is 0 Å². The predicted molar refractivity (Wildman–Crippen MR) is 280 cm³/mol. The van der Waals surface area contributed by atoms with Crippen LogP contribution in [0.4, 0.5) is 0 Å². The summed E-state index contributed by atoms with van der Waals surface area (Å²) in [5, 5.41) is 0. The third kappa shape index (κ3) is 13.9. The van der Waals surface area contributed by atoms with E-state index in [4.69, 9.17) is 26.3 Å². The van der Waals surface area contributed by atoms with Crippen molar-refractivity contribution >= 4 is 11.1 Å². The molecule has 0 N–H and O–H groups in total. The maximum atomic E-state index is 4.76. The predicted octanol–water partition coefficient (Wildman–Crippen LogP) is 19.1. The summed E-state index contributed by atoms with van der Waals surface area (Å²) in [7, 11) is 0. The summed E-state index contributed by atoms with van der Waals surface area (Å²) in [6, 6.07) is 36.2. The Kier molecular flexibility index (Phi) is 20.5. The van der Waals surface area contributed by atoms with Gasteiger partial charge in [0.25, 0.3) is 0 Å². The quantitative estimate of drug-likeness (QED) is 0.0579. The largest absolute Gasteiger partial charge is 0.0995 e. The van der Waals surface area contributed by atoms with Crippen molar-refractivity contribution in [1.29, 1.82) is 0 Å². The Balaban J connectivity index is 0.000000238. The lowest BCUT2D eigenvalue weighted by Gasteiger charge is -2.39. The van der Waals surface area contributed by atoms with Crippen molar-refractivity contribution in [3.63, 3.8) is 0 Å². The van der Waals surface area contributed by atoms with Crippen LogP contribution in [0.25, 0.3) is 11.1 Å². The highest BCUT2D eigenvalue weighted by atomic mass is 14.4. The number of allylic oxidation sites excluding steroid dienone is 4. The van der Waals surface area contributed by atoms with Crippen LogP contribution < -0.4 is 0 Å². The summed E-state index contributed by atoms with van der Waals surface area (Å²) < 4.78 is 0. The molecule has 2 aliphatic rings. The molecule has 4 atom stereocenters. The summed E-state index contributed by atoms with van der Waals surface area (Å²) in [6.45, 7) is 32.4. The topological polar surface area (TPSA) is 0 Å². The Morgan fingerprint density at radius 2 is 0.857 bits per heavy atom. The van der Waals surface area contributed by atoms with Gasteiger partial charge in [-0.2, -0.15) is 0 Å². The first-order chi connectivity index (χ1) is 30.6. The highest BCUT2D eigenvalue weighted by molar-refractivity contribution is 5.74. The molecule has 0 radical (unpaired) electrons. The molecule has 0 amide bonds. The third-order valence-electron chi connectivity index (χ3n) is 15.1. The molecule has 0 saturated heterocycles. The van der Waals surface area contributed by atoms with E-state index in [1.54, 1.807) is 0 Å². The molecule has 4 aromatic rings. The van der Waals surface area contributed by atoms with Gasteiger partial charge < -0.3 is 0 Å². The zero-order valence-electron chi connectivity index (χ0n) is 41.0. The van der Waals surface area contributed by atoms with Gasteiger partial charge in [0.1, 0.15) is 0 Å². The Morgan fingerprint density at radius 3 is 1.22 bits per heavy atom. The van der Waals surface area contributed by atoms with Crippen LogP contribution in [0, 0.1) is 44.4 Å². The zero-order valence-corrected chi connectivity index (χ0v) is 41.0. The molecule has 4 aromatic carbocycles. The lowest BCUT2D eigenvalue weighted by molar-refractivity contribution is 0.259. The van der Waals surface area contributed by atoms with Crippen molar-refractivity contribution in [3.05, 3.63) is 179 Å². The van der Waals surface area contributed by atoms with Crippen molar-refractivity contribution < 1.29 is 0 Å². The molecule has 338 valence electrons. The van der Waals surface area contributed by atoms with Crippen molar-refractivity contribution in [2.75, 3.05) is 0 Å². The van der Waals surface area contributed by atoms with Crippen LogP contribution in [-0.2, 0) is 6.42 Å². The number of hydrogen-bond donors (Lipinski definition) is 0. The normalized spacial score (nSPS) is 16.5. The van der Waals surface area contributed by atoms with Gasteiger partial charge in [0.15, 0.2) is 0 Å². The second-order valence-electron chi connectivity index (χ2n) is 19.7. The van der Waals surface area contributed by atoms with Gasteiger partial charge in [-0.25, -0.2) is 0 Å². The van der Waals surface area contributed by atoms with E-state index in [1.165, 1.54) is 170 Å². The lowest BCUT2D eigenvalue weighted by Crippen LogP contribution is -2.27. The molecule has 0 heteroatoms. The van der Waals surface area contributed by atoms with Crippen LogP contribution >= 0.6 is 0 Å². The van der Waals surface area contributed by atoms with Gasteiger partial charge in [-0.3, -0.25) is 0 Å². The van der Waals surface area contributed by atoms with Crippen molar-refractivity contribution in [2.24, 2.45) is 23.7 Å². The molecule has 0 aromatic heterocycles. The first-order valence-corrected chi connectivity index (χ1v) is 25.6. The van der Waals surface area contributed by atoms with Crippen LogP contribution in [0.3, 0.4) is 0 Å². The second-order valence-corrected chi connectivity index (χ2v) is 19.7. The molecule has 0 nitrogen and oxygen atoms in total. The Morgan fingerprint density at radius 1 is 0.476 bits per heavy atom. The molecule has 63 heavy (non-hydrogen) atoms. The summed E-state index contributed by atoms with van der Waals surface area (Å²) >= 11 is 0. The van der Waals surface area contributed by atoms with Crippen molar-refractivity contribution in [1.82, 2.24) is 0 Å². The summed E-state index contributed by atoms with van der Waals surface area (Å²) in [6.07, 6.45) is 24.6. The molecular weight excluding hydrogens is 757 g/mol. The van der Waals surface area contributed by atoms with Crippen LogP contribution in [0.2, 0.25) is 0 Å². The van der Waals surface area contributed by atoms with Gasteiger partial charge in [-0.15, -0.1) is 0 Å². The minimum Gasteiger partial charge on any atom is -0.0995 e. The van der Waals surface area contributed by atoms with Gasteiger partial charge in [0.2, 0.25) is 0 Å². The Hall–Kier alpha value is -4.16. The van der Waals surface area contributed by atoms with Crippen LogP contribution in [0.15, 0.2) is 135 Å². The smallest absolute Gasteiger partial charge is 0.0157 e. The molecule has 0 aliphatic heterocycles. The van der Waals surface area contributed by atoms with Gasteiger partial charge >= 0.3 is 0 Å². The molecule has 4 unspecified atom stereocenters. The fourth-order valence-electron chi connectivity index (χ4n) is 11.4. The van der Waals surface area contributed by atoms with Gasteiger partial charge in [0.05, 0.1) is 0 Å². The van der Waals surface area contributed by atoms with Crippen LogP contribution in [0.5, 0.6) is 0 Å². The SMILES string of the molecule is C=C(c1ccccc1C)C(c1ccc(C)cc1)C(C(=C)CCCCC)C1CCCCC1.C=C(c1ccccc1C)C(c1ccc(CC)cc1)C(C(=C)CCCCC)C1CCCCC1. The second kappa shape index (κ2) is 26.0. The van der Waals surface area contributed by atoms with E-state index in [9.17, 15) is 0 Å². The molecule has 2 aliphatic carbocycles. The minimum absolute atomic E-state index is 0.305. The highest BCUT2D eigenvalue weighted by Gasteiger charge is 2.37. The van der Waals surface area contributed by atoms with Gasteiger partial charge in [0, 0.05) is 11.8 Å². The minimum atomic E-state index is 0.305. The molecule has 6 rings (SSSR count). The summed E-state index contributed by atoms with van der Waals surface area (Å²) in [5.74, 6) is 3.00. The van der Waals surface area contributed by atoms with Gasteiger partial charge in [-0.1, -0.05) is 225 Å². The summed E-state index contributed by atoms with van der Waals surface area (Å²) in [4.78, 5) is 0. The molecule has 0 heterocycles. The number of benzene rings is 4. The number of unbranched alkanes of at least 4 members (excludes halogenated alkanes) is 4. The highest BCUT2D eigenvalue weighted by Crippen LogP contribution is 2.50. The average Bonchev–Trinajstić information content (AvgIpc) is 3.31. The number of aryl methyl sites for hydroxylation is 4. The summed E-state index contributed by atoms with van der Waals surface area (Å²) in [5.41, 5.74) is 16.3. The molecular formula is C63H86. The van der Waals surface area contributed by atoms with Gasteiger partial charge in [-0.05, 0) is 152 Å². The maximum Gasteiger partial charge on any atom is 0.0157 e. The molecule has 0 bridgehead atoms. The van der Waals surface area contributed by atoms with E-state index in [1.807, 2.05) is 0 Å². The zero-order chi connectivity index (χ0) is 45.1. The molecule has 0 spiro atoms. The number of hydrogen-bond acceptors (Lipinski definition) is 0. The molecule has 2 fully saturated rings. The van der Waals surface area contributed by atoms with E-state index in [2.05, 4.69) is 139 Å². The monoisotopic (exact) mass is 843 g/mol. The fourth-order valence-corrected chi connectivity index (χ4v) is 11.4. The van der Waals surface area contributed by atoms with E-state index in [0.29, 0.717) is 23.7 Å². The third-order valence-corrected chi connectivity index (χ3v) is 15.1. The maximum absolute atomic E-state index is 4.76. The average molecular weight is 843 g/mol. The van der Waals surface area contributed by atoms with E-state index >= 15 is 0 Å². The standard InChI is InChI=1S/C32H44.C31H42/c1-6-8-10-16-25(4)31(28-17-11-9-12-18-28)32(29-22-20-27(7-2)21-23-29)26(5)30-19-14-13-15-24(30)3;1-6-7-9-15-25(4)30(27-16-10-8-11-17-27)31(28-21-19-23(2)20-22-28)26(5)29-18-13-12-14-24(29)3/h13-15,19-23,28,31-32H,4-12,16-18H2,1-3H3;12-14,18-22,27,30-31H,4-11,15-17H2,1-3H3. The Bertz CT molecular complexity index is 2010. The Labute approximate surface area is 387 Å². The van der Waals surface area contributed by atoms with E-state index in [-0.39, 0.29) is 0 Å². The first-order valence-electron chi connectivity index (χ1n) is 25.6. The lowest BCUT2D eigenvalue weighted by atomic mass is 9.65. The van der Waals surface area contributed by atoms with Crippen LogP contribution in [0.1, 0.15) is 193 Å².